The van der Waals surface area contributed by atoms with Gasteiger partial charge in [-0.05, 0) is 38.0 Å². The molecule has 1 saturated heterocycles. The third-order valence-corrected chi connectivity index (χ3v) is 4.76. The van der Waals surface area contributed by atoms with E-state index in [1.54, 1.807) is 37.3 Å². The van der Waals surface area contributed by atoms with Crippen molar-refractivity contribution < 1.29 is 18.7 Å². The van der Waals surface area contributed by atoms with Crippen molar-refractivity contribution in [2.75, 3.05) is 20.8 Å². The number of rotatable bonds is 5. The van der Waals surface area contributed by atoms with Crippen molar-refractivity contribution >= 4 is 5.91 Å². The fourth-order valence-electron chi connectivity index (χ4n) is 3.39. The van der Waals surface area contributed by atoms with E-state index < -0.39 is 11.4 Å². The van der Waals surface area contributed by atoms with E-state index in [1.807, 2.05) is 0 Å². The molecule has 7 nitrogen and oxygen atoms in total. The average molecular weight is 375 g/mol. The molecule has 1 fully saturated rings. The number of nitrogens with zero attached hydrogens (tertiary/aromatic N) is 2. The maximum Gasteiger partial charge on any atom is 0.287 e. The van der Waals surface area contributed by atoms with Crippen LogP contribution in [0.25, 0.3) is 0 Å². The molecular weight excluding hydrogens is 353 g/mol. The highest BCUT2D eigenvalue weighted by Gasteiger charge is 2.32. The first-order chi connectivity index (χ1) is 12.9. The Bertz CT molecular complexity index is 912. The zero-order chi connectivity index (χ0) is 19.6. The summed E-state index contributed by atoms with van der Waals surface area (Å²) in [4.78, 5) is 33.0. The first-order valence-electron chi connectivity index (χ1n) is 8.71. The number of likely N-dealkylation sites (tertiary alicyclic amines) is 1. The van der Waals surface area contributed by atoms with Gasteiger partial charge in [0.1, 0.15) is 17.3 Å². The molecule has 1 aromatic carbocycles. The van der Waals surface area contributed by atoms with Gasteiger partial charge in [-0.1, -0.05) is 0 Å². The number of hydrogen-bond donors (Lipinski definition) is 1. The number of amides is 1. The van der Waals surface area contributed by atoms with Gasteiger partial charge < -0.3 is 19.4 Å². The van der Waals surface area contributed by atoms with Crippen LogP contribution in [0.4, 0.5) is 4.39 Å². The monoisotopic (exact) mass is 375 g/mol. The molecule has 2 aromatic rings. The molecule has 0 bridgehead atoms. The normalized spacial score (nSPS) is 16.4. The third kappa shape index (κ3) is 3.79. The van der Waals surface area contributed by atoms with Crippen molar-refractivity contribution in [3.63, 3.8) is 0 Å². The van der Waals surface area contributed by atoms with Crippen LogP contribution in [0.3, 0.4) is 0 Å². The van der Waals surface area contributed by atoms with Gasteiger partial charge in [0.2, 0.25) is 11.7 Å². The molecule has 0 spiro atoms. The SMILES string of the molecule is COc1ccc(OC)c(CC(=O)N2CCCC2c2nc(C)c(F)c(=O)[nH]2)c1. The molecule has 0 aliphatic carbocycles. The number of carbonyl (C=O) groups is 1. The fourth-order valence-corrected chi connectivity index (χ4v) is 3.39. The highest BCUT2D eigenvalue weighted by atomic mass is 19.1. The molecule has 0 saturated carbocycles. The van der Waals surface area contributed by atoms with Gasteiger partial charge in [0.25, 0.3) is 5.56 Å². The van der Waals surface area contributed by atoms with Gasteiger partial charge in [0.05, 0.1) is 32.4 Å². The number of hydrogen-bond acceptors (Lipinski definition) is 5. The van der Waals surface area contributed by atoms with E-state index in [0.29, 0.717) is 35.9 Å². The van der Waals surface area contributed by atoms with Crippen LogP contribution in [0.15, 0.2) is 23.0 Å². The van der Waals surface area contributed by atoms with Crippen LogP contribution in [-0.4, -0.2) is 41.5 Å². The lowest BCUT2D eigenvalue weighted by atomic mass is 10.1. The molecular formula is C19H22FN3O4. The number of halogens is 1. The average Bonchev–Trinajstić information content (AvgIpc) is 3.15. The molecule has 2 heterocycles. The van der Waals surface area contributed by atoms with E-state index in [2.05, 4.69) is 9.97 Å². The van der Waals surface area contributed by atoms with Gasteiger partial charge in [-0.2, -0.15) is 4.39 Å². The number of aromatic amines is 1. The minimum Gasteiger partial charge on any atom is -0.497 e. The number of benzene rings is 1. The molecule has 27 heavy (non-hydrogen) atoms. The quantitative estimate of drug-likeness (QED) is 0.866. The minimum absolute atomic E-state index is 0.0301. The van der Waals surface area contributed by atoms with Crippen molar-refractivity contribution in [3.8, 4) is 11.5 Å². The number of aryl methyl sites for hydroxylation is 1. The molecule has 1 amide bonds. The standard InChI is InChI=1S/C19H22FN3O4/c1-11-17(20)19(25)22-18(21-11)14-5-4-8-23(14)16(24)10-12-9-13(26-2)6-7-15(12)27-3/h6-7,9,14H,4-5,8,10H2,1-3H3,(H,21,22,25). The highest BCUT2D eigenvalue weighted by molar-refractivity contribution is 5.80. The lowest BCUT2D eigenvalue weighted by Crippen LogP contribution is -2.34. The second kappa shape index (κ2) is 7.77. The summed E-state index contributed by atoms with van der Waals surface area (Å²) in [5.74, 6) is 0.549. The van der Waals surface area contributed by atoms with Crippen LogP contribution in [0.5, 0.6) is 11.5 Å². The van der Waals surface area contributed by atoms with Crippen LogP contribution in [0.1, 0.15) is 36.0 Å². The highest BCUT2D eigenvalue weighted by Crippen LogP contribution is 2.31. The van der Waals surface area contributed by atoms with E-state index in [9.17, 15) is 14.0 Å². The van der Waals surface area contributed by atoms with Crippen LogP contribution < -0.4 is 15.0 Å². The number of methoxy groups -OCH3 is 2. The van der Waals surface area contributed by atoms with Crippen LogP contribution in [-0.2, 0) is 11.2 Å². The maximum atomic E-state index is 13.6. The first kappa shape index (κ1) is 18.9. The Morgan fingerprint density at radius 2 is 2.15 bits per heavy atom. The zero-order valence-corrected chi connectivity index (χ0v) is 15.5. The number of nitrogens with one attached hydrogen (secondary N) is 1. The summed E-state index contributed by atoms with van der Waals surface area (Å²) in [6, 6.07) is 4.91. The van der Waals surface area contributed by atoms with Gasteiger partial charge in [-0.3, -0.25) is 9.59 Å². The summed E-state index contributed by atoms with van der Waals surface area (Å²) in [5.41, 5.74) is -0.0713. The zero-order valence-electron chi connectivity index (χ0n) is 15.5. The van der Waals surface area contributed by atoms with Gasteiger partial charge in [-0.15, -0.1) is 0 Å². The summed E-state index contributed by atoms with van der Waals surface area (Å²) in [5, 5.41) is 0. The lowest BCUT2D eigenvalue weighted by Gasteiger charge is -2.24. The molecule has 8 heteroatoms. The summed E-state index contributed by atoms with van der Waals surface area (Å²) < 4.78 is 24.1. The number of aromatic nitrogens is 2. The van der Waals surface area contributed by atoms with Crippen molar-refractivity contribution in [3.05, 3.63) is 51.5 Å². The van der Waals surface area contributed by atoms with E-state index >= 15 is 0 Å². The maximum absolute atomic E-state index is 13.6. The summed E-state index contributed by atoms with van der Waals surface area (Å²) in [7, 11) is 3.10. The van der Waals surface area contributed by atoms with E-state index in [0.717, 1.165) is 6.42 Å². The molecule has 1 aliphatic rings. The fraction of sp³-hybridized carbons (Fsp3) is 0.421. The Balaban J connectivity index is 1.85. The Kier molecular flexibility index (Phi) is 5.43. The van der Waals surface area contributed by atoms with Gasteiger partial charge in [0, 0.05) is 12.1 Å². The van der Waals surface area contributed by atoms with E-state index in [-0.39, 0.29) is 24.1 Å². The molecule has 1 atom stereocenters. The van der Waals surface area contributed by atoms with Gasteiger partial charge >= 0.3 is 0 Å². The van der Waals surface area contributed by atoms with Crippen LogP contribution in [0, 0.1) is 12.7 Å². The largest absolute Gasteiger partial charge is 0.497 e. The van der Waals surface area contributed by atoms with E-state index in [1.165, 1.54) is 6.92 Å². The summed E-state index contributed by atoms with van der Waals surface area (Å²) >= 11 is 0. The molecule has 1 unspecified atom stereocenters. The van der Waals surface area contributed by atoms with E-state index in [4.69, 9.17) is 9.47 Å². The number of carbonyl (C=O) groups excluding carboxylic acids is 1. The molecule has 1 N–H and O–H groups in total. The number of ether oxygens (including phenoxy) is 2. The third-order valence-electron chi connectivity index (χ3n) is 4.76. The molecule has 1 aromatic heterocycles. The Morgan fingerprint density at radius 1 is 1.37 bits per heavy atom. The predicted molar refractivity (Wildman–Crippen MR) is 96.5 cm³/mol. The number of H-pyrrole nitrogens is 1. The van der Waals surface area contributed by atoms with Crippen molar-refractivity contribution in [2.45, 2.75) is 32.2 Å². The molecule has 0 radical (unpaired) electrons. The van der Waals surface area contributed by atoms with Gasteiger partial charge in [0.15, 0.2) is 0 Å². The first-order valence-corrected chi connectivity index (χ1v) is 8.71. The summed E-state index contributed by atoms with van der Waals surface area (Å²) in [6.07, 6.45) is 1.57. The van der Waals surface area contributed by atoms with Crippen molar-refractivity contribution in [1.29, 1.82) is 0 Å². The lowest BCUT2D eigenvalue weighted by molar-refractivity contribution is -0.131. The van der Waals surface area contributed by atoms with Crippen molar-refractivity contribution in [2.24, 2.45) is 0 Å². The second-order valence-corrected chi connectivity index (χ2v) is 6.45. The van der Waals surface area contributed by atoms with Crippen molar-refractivity contribution in [1.82, 2.24) is 14.9 Å². The summed E-state index contributed by atoms with van der Waals surface area (Å²) in [6.45, 7) is 1.99. The smallest absolute Gasteiger partial charge is 0.287 e. The molecule has 1 aliphatic heterocycles. The van der Waals surface area contributed by atoms with Crippen LogP contribution >= 0.6 is 0 Å². The second-order valence-electron chi connectivity index (χ2n) is 6.45. The van der Waals surface area contributed by atoms with Crippen LogP contribution in [0.2, 0.25) is 0 Å². The molecule has 3 rings (SSSR count). The molecule has 144 valence electrons. The Labute approximate surface area is 156 Å². The Morgan fingerprint density at radius 3 is 2.81 bits per heavy atom. The predicted octanol–water partition coefficient (Wildman–Crippen LogP) is 2.14. The van der Waals surface area contributed by atoms with Gasteiger partial charge in [-0.25, -0.2) is 4.98 Å². The minimum atomic E-state index is -0.893. The topological polar surface area (TPSA) is 84.5 Å². The Hall–Kier alpha value is -2.90.